The monoisotopic (exact) mass is 647 g/mol. The lowest BCUT2D eigenvalue weighted by Gasteiger charge is -2.33. The first-order chi connectivity index (χ1) is 19.1. The van der Waals surface area contributed by atoms with Crippen LogP contribution in [0.15, 0.2) is 76.1 Å². The fourth-order valence-corrected chi connectivity index (χ4v) is 6.17. The number of amides is 2. The van der Waals surface area contributed by atoms with Gasteiger partial charge in [0, 0.05) is 17.6 Å². The third-order valence-corrected chi connectivity index (χ3v) is 8.67. The van der Waals surface area contributed by atoms with Crippen molar-refractivity contribution < 1.29 is 27.1 Å². The second-order valence-electron chi connectivity index (χ2n) is 10.7. The SMILES string of the molecule is COc1ccc(S(=O)(=O)N(CC(=O)N(Cc2ccccc2F)C(C)C(=O)NC(C)(C)C)c2ccc(C)cc2)cc1Br. The zero-order valence-corrected chi connectivity index (χ0v) is 26.3. The summed E-state index contributed by atoms with van der Waals surface area (Å²) in [6.45, 7) is 7.94. The van der Waals surface area contributed by atoms with Gasteiger partial charge in [0.25, 0.3) is 10.0 Å². The molecule has 0 radical (unpaired) electrons. The van der Waals surface area contributed by atoms with Crippen molar-refractivity contribution in [2.75, 3.05) is 18.0 Å². The molecule has 1 unspecified atom stereocenters. The van der Waals surface area contributed by atoms with Gasteiger partial charge < -0.3 is 15.0 Å². The van der Waals surface area contributed by atoms with Crippen LogP contribution in [-0.2, 0) is 26.2 Å². The Balaban J connectivity index is 2.07. The highest BCUT2D eigenvalue weighted by molar-refractivity contribution is 9.10. The number of carbonyl (C=O) groups is 2. The van der Waals surface area contributed by atoms with Gasteiger partial charge in [0.2, 0.25) is 11.8 Å². The average molecular weight is 649 g/mol. The van der Waals surface area contributed by atoms with Gasteiger partial charge in [0.15, 0.2) is 0 Å². The van der Waals surface area contributed by atoms with E-state index in [1.165, 1.54) is 55.3 Å². The highest BCUT2D eigenvalue weighted by Crippen LogP contribution is 2.31. The minimum absolute atomic E-state index is 0.0715. The predicted octanol–water partition coefficient (Wildman–Crippen LogP) is 5.43. The Hall–Kier alpha value is -3.44. The molecule has 0 fully saturated rings. The molecule has 0 aromatic heterocycles. The summed E-state index contributed by atoms with van der Waals surface area (Å²) in [6.07, 6.45) is 0. The molecular formula is C30H35BrFN3O5S. The van der Waals surface area contributed by atoms with Gasteiger partial charge in [0.05, 0.1) is 22.2 Å². The van der Waals surface area contributed by atoms with Gasteiger partial charge in [-0.25, -0.2) is 12.8 Å². The number of sulfonamides is 1. The number of benzene rings is 3. The summed E-state index contributed by atoms with van der Waals surface area (Å²) in [5, 5.41) is 2.84. The van der Waals surface area contributed by atoms with E-state index in [1.54, 1.807) is 51.1 Å². The molecule has 2 amide bonds. The smallest absolute Gasteiger partial charge is 0.264 e. The number of rotatable bonds is 10. The maximum absolute atomic E-state index is 14.7. The van der Waals surface area contributed by atoms with E-state index in [-0.39, 0.29) is 22.7 Å². The lowest BCUT2D eigenvalue weighted by molar-refractivity contribution is -0.140. The lowest BCUT2D eigenvalue weighted by Crippen LogP contribution is -2.54. The van der Waals surface area contributed by atoms with Crippen molar-refractivity contribution in [2.24, 2.45) is 0 Å². The van der Waals surface area contributed by atoms with E-state index in [0.29, 0.717) is 10.2 Å². The topological polar surface area (TPSA) is 96.0 Å². The second-order valence-corrected chi connectivity index (χ2v) is 13.4. The van der Waals surface area contributed by atoms with Crippen molar-refractivity contribution in [1.82, 2.24) is 10.2 Å². The number of aryl methyl sites for hydroxylation is 1. The molecule has 0 spiro atoms. The standard InChI is InChI=1S/C30H35BrFN3O5S/c1-20-11-13-23(14-12-20)35(41(38,39)24-15-16-27(40-6)25(31)17-24)19-28(36)34(18-22-9-7-8-10-26(22)32)21(2)29(37)33-30(3,4)5/h7-17,21H,18-19H2,1-6H3,(H,33,37). The second kappa shape index (κ2) is 13.0. The molecule has 220 valence electrons. The van der Waals surface area contributed by atoms with E-state index in [4.69, 9.17) is 4.74 Å². The summed E-state index contributed by atoms with van der Waals surface area (Å²) in [7, 11) is -2.81. The van der Waals surface area contributed by atoms with E-state index in [9.17, 15) is 22.4 Å². The van der Waals surface area contributed by atoms with Crippen LogP contribution in [0.3, 0.4) is 0 Å². The third-order valence-electron chi connectivity index (χ3n) is 6.28. The van der Waals surface area contributed by atoms with Crippen LogP contribution < -0.4 is 14.4 Å². The van der Waals surface area contributed by atoms with Crippen molar-refractivity contribution in [3.63, 3.8) is 0 Å². The fourth-order valence-electron chi connectivity index (χ4n) is 4.04. The number of hydrogen-bond donors (Lipinski definition) is 1. The van der Waals surface area contributed by atoms with Crippen LogP contribution in [-0.4, -0.2) is 50.4 Å². The molecule has 0 saturated heterocycles. The number of nitrogens with zero attached hydrogens (tertiary/aromatic N) is 2. The lowest BCUT2D eigenvalue weighted by atomic mass is 10.1. The van der Waals surface area contributed by atoms with Crippen LogP contribution in [0.4, 0.5) is 10.1 Å². The molecule has 0 aliphatic rings. The predicted molar refractivity (Wildman–Crippen MR) is 161 cm³/mol. The normalized spacial score (nSPS) is 12.4. The van der Waals surface area contributed by atoms with Gasteiger partial charge in [-0.05, 0) is 86.9 Å². The van der Waals surface area contributed by atoms with Gasteiger partial charge in [-0.3, -0.25) is 13.9 Å². The fraction of sp³-hybridized carbons (Fsp3) is 0.333. The zero-order valence-electron chi connectivity index (χ0n) is 23.9. The Labute approximate surface area is 249 Å². The molecule has 3 rings (SSSR count). The van der Waals surface area contributed by atoms with Crippen molar-refractivity contribution in [3.8, 4) is 5.75 Å². The largest absolute Gasteiger partial charge is 0.496 e. The molecule has 3 aromatic carbocycles. The van der Waals surface area contributed by atoms with Crippen molar-refractivity contribution in [3.05, 3.63) is 88.1 Å². The summed E-state index contributed by atoms with van der Waals surface area (Å²) in [5.74, 6) is -1.23. The zero-order chi connectivity index (χ0) is 30.5. The Morgan fingerprint density at radius 3 is 2.24 bits per heavy atom. The van der Waals surface area contributed by atoms with Crippen LogP contribution in [0.2, 0.25) is 0 Å². The van der Waals surface area contributed by atoms with Crippen molar-refractivity contribution in [2.45, 2.75) is 57.6 Å². The maximum atomic E-state index is 14.7. The molecule has 0 aliphatic carbocycles. The van der Waals surface area contributed by atoms with E-state index in [0.717, 1.165) is 9.87 Å². The molecule has 11 heteroatoms. The highest BCUT2D eigenvalue weighted by atomic mass is 79.9. The van der Waals surface area contributed by atoms with Crippen LogP contribution >= 0.6 is 15.9 Å². The highest BCUT2D eigenvalue weighted by Gasteiger charge is 2.34. The number of nitrogens with one attached hydrogen (secondary N) is 1. The Bertz CT molecular complexity index is 1510. The molecule has 3 aromatic rings. The first-order valence-electron chi connectivity index (χ1n) is 12.9. The van der Waals surface area contributed by atoms with Gasteiger partial charge in [-0.15, -0.1) is 0 Å². The summed E-state index contributed by atoms with van der Waals surface area (Å²) in [6, 6.07) is 15.9. The summed E-state index contributed by atoms with van der Waals surface area (Å²) >= 11 is 3.33. The molecule has 1 N–H and O–H groups in total. The molecule has 0 aliphatic heterocycles. The van der Waals surface area contributed by atoms with Crippen LogP contribution in [0.5, 0.6) is 5.75 Å². The first-order valence-corrected chi connectivity index (χ1v) is 15.1. The molecule has 1 atom stereocenters. The molecule has 0 saturated carbocycles. The number of methoxy groups -OCH3 is 1. The number of carbonyl (C=O) groups excluding carboxylic acids is 2. The van der Waals surface area contributed by atoms with Crippen LogP contribution in [0.1, 0.15) is 38.8 Å². The Morgan fingerprint density at radius 1 is 1.05 bits per heavy atom. The third kappa shape index (κ3) is 8.07. The van der Waals surface area contributed by atoms with E-state index in [1.807, 2.05) is 6.92 Å². The molecule has 0 heterocycles. The van der Waals surface area contributed by atoms with Gasteiger partial charge in [0.1, 0.15) is 24.2 Å². The molecule has 41 heavy (non-hydrogen) atoms. The Kier molecular flexibility index (Phi) is 10.2. The Morgan fingerprint density at radius 2 is 1.68 bits per heavy atom. The minimum atomic E-state index is -4.27. The number of hydrogen-bond acceptors (Lipinski definition) is 5. The van der Waals surface area contributed by atoms with Gasteiger partial charge in [-0.1, -0.05) is 35.9 Å². The number of ether oxygens (including phenoxy) is 1. The maximum Gasteiger partial charge on any atom is 0.264 e. The van der Waals surface area contributed by atoms with E-state index < -0.39 is 45.8 Å². The first kappa shape index (κ1) is 32.1. The van der Waals surface area contributed by atoms with Crippen LogP contribution in [0, 0.1) is 12.7 Å². The van der Waals surface area contributed by atoms with Gasteiger partial charge in [-0.2, -0.15) is 0 Å². The van der Waals surface area contributed by atoms with E-state index in [2.05, 4.69) is 21.2 Å². The summed E-state index contributed by atoms with van der Waals surface area (Å²) in [5.41, 5.74) is 0.767. The summed E-state index contributed by atoms with van der Waals surface area (Å²) < 4.78 is 49.3. The number of halogens is 2. The number of anilines is 1. The quantitative estimate of drug-likeness (QED) is 0.317. The summed E-state index contributed by atoms with van der Waals surface area (Å²) in [4.78, 5) is 28.2. The average Bonchev–Trinajstić information content (AvgIpc) is 2.90. The van der Waals surface area contributed by atoms with Crippen molar-refractivity contribution in [1.29, 1.82) is 0 Å². The van der Waals surface area contributed by atoms with Gasteiger partial charge >= 0.3 is 0 Å². The molecular weight excluding hydrogens is 613 g/mol. The molecule has 0 bridgehead atoms. The van der Waals surface area contributed by atoms with Crippen LogP contribution in [0.25, 0.3) is 0 Å². The van der Waals surface area contributed by atoms with E-state index >= 15 is 0 Å². The minimum Gasteiger partial charge on any atom is -0.496 e. The molecule has 8 nitrogen and oxygen atoms in total. The van der Waals surface area contributed by atoms with Crippen molar-refractivity contribution >= 4 is 43.5 Å².